The second kappa shape index (κ2) is 3.66. The summed E-state index contributed by atoms with van der Waals surface area (Å²) in [6.45, 7) is 8.03. The Kier molecular flexibility index (Phi) is 3.52. The van der Waals surface area contributed by atoms with Gasteiger partial charge in [-0.1, -0.05) is 0 Å². The number of hydrogen-bond donors (Lipinski definition) is 0. The summed E-state index contributed by atoms with van der Waals surface area (Å²) in [4.78, 5) is 0. The molecule has 0 amide bonds. The van der Waals surface area contributed by atoms with E-state index in [0.29, 0.717) is 0 Å². The van der Waals surface area contributed by atoms with E-state index in [1.807, 2.05) is 13.8 Å². The quantitative estimate of drug-likeness (QED) is 0.315. The van der Waals surface area contributed by atoms with Gasteiger partial charge in [-0.25, -0.2) is 0 Å². The molecule has 0 aromatic heterocycles. The summed E-state index contributed by atoms with van der Waals surface area (Å²) in [5.41, 5.74) is 0.992. The van der Waals surface area contributed by atoms with Crippen molar-refractivity contribution in [3.05, 3.63) is 0 Å². The first-order valence-corrected chi connectivity index (χ1v) is 5.58. The van der Waals surface area contributed by atoms with Gasteiger partial charge in [0.25, 0.3) is 9.04 Å². The van der Waals surface area contributed by atoms with Gasteiger partial charge in [-0.3, -0.25) is 0 Å². The summed E-state index contributed by atoms with van der Waals surface area (Å²) in [6.07, 6.45) is 0. The van der Waals surface area contributed by atoms with Crippen molar-refractivity contribution in [3.8, 4) is 0 Å². The van der Waals surface area contributed by atoms with Crippen LogP contribution in [0.4, 0.5) is 0 Å². The molecule has 0 aliphatic heterocycles. The molecule has 0 spiro atoms. The van der Waals surface area contributed by atoms with E-state index in [2.05, 4.69) is 18.2 Å². The fraction of sp³-hybridized carbons (Fsp3) is 0.800. The van der Waals surface area contributed by atoms with Crippen molar-refractivity contribution in [3.63, 3.8) is 0 Å². The highest BCUT2D eigenvalue weighted by Crippen LogP contribution is 1.84. The summed E-state index contributed by atoms with van der Waals surface area (Å²) >= 11 is 0. The molecular weight excluding hydrogens is 118 g/mol. The molecule has 0 bridgehead atoms. The van der Waals surface area contributed by atoms with E-state index in [0.717, 1.165) is 5.71 Å². The molecule has 0 fully saturated rings. The summed E-state index contributed by atoms with van der Waals surface area (Å²) < 4.78 is 5.03. The highest BCUT2D eigenvalue weighted by Gasteiger charge is 1.91. The Bertz CT molecular complexity index is 86.4. The number of oxime groups is 1. The maximum atomic E-state index is 5.03. The van der Waals surface area contributed by atoms with Crippen LogP contribution in [-0.2, 0) is 4.53 Å². The van der Waals surface area contributed by atoms with Crippen LogP contribution in [0.1, 0.15) is 13.8 Å². The molecule has 0 heterocycles. The molecular formula is C5H13NOSi. The van der Waals surface area contributed by atoms with Crippen LogP contribution in [0.3, 0.4) is 0 Å². The van der Waals surface area contributed by atoms with Crippen LogP contribution in [0.5, 0.6) is 0 Å². The molecule has 0 aromatic rings. The van der Waals surface area contributed by atoms with Gasteiger partial charge < -0.3 is 4.53 Å². The van der Waals surface area contributed by atoms with E-state index < -0.39 is 9.04 Å². The maximum absolute atomic E-state index is 5.03. The smallest absolute Gasteiger partial charge is 0.266 e. The average Bonchev–Trinajstić information content (AvgIpc) is 1.61. The molecule has 48 valence electrons. The van der Waals surface area contributed by atoms with Crippen LogP contribution in [0.2, 0.25) is 13.1 Å². The number of nitrogens with zero attached hydrogens (tertiary/aromatic N) is 1. The molecule has 0 saturated heterocycles. The third kappa shape index (κ3) is 5.69. The summed E-state index contributed by atoms with van der Waals surface area (Å²) in [7, 11) is -0.914. The Balaban J connectivity index is 3.29. The van der Waals surface area contributed by atoms with Crippen molar-refractivity contribution >= 4 is 14.8 Å². The average molecular weight is 131 g/mol. The van der Waals surface area contributed by atoms with Crippen molar-refractivity contribution in [2.45, 2.75) is 26.9 Å². The lowest BCUT2D eigenvalue weighted by atomic mass is 10.5. The third-order valence-electron chi connectivity index (χ3n) is 0.446. The van der Waals surface area contributed by atoms with E-state index in [1.54, 1.807) is 0 Å². The van der Waals surface area contributed by atoms with Crippen LogP contribution in [0, 0.1) is 0 Å². The molecule has 0 aliphatic rings. The second-order valence-corrected chi connectivity index (χ2v) is 4.50. The van der Waals surface area contributed by atoms with Crippen molar-refractivity contribution < 1.29 is 4.53 Å². The highest BCUT2D eigenvalue weighted by molar-refractivity contribution is 6.48. The minimum absolute atomic E-state index is 0.914. The maximum Gasteiger partial charge on any atom is 0.266 e. The van der Waals surface area contributed by atoms with Gasteiger partial charge in [0.15, 0.2) is 0 Å². The van der Waals surface area contributed by atoms with E-state index >= 15 is 0 Å². The lowest BCUT2D eigenvalue weighted by Gasteiger charge is -1.99. The molecule has 0 aromatic carbocycles. The van der Waals surface area contributed by atoms with Gasteiger partial charge in [-0.2, -0.15) is 0 Å². The van der Waals surface area contributed by atoms with Crippen molar-refractivity contribution in [2.75, 3.05) is 0 Å². The zero-order chi connectivity index (χ0) is 6.57. The van der Waals surface area contributed by atoms with Gasteiger partial charge in [0.2, 0.25) is 0 Å². The monoisotopic (exact) mass is 131 g/mol. The fourth-order valence-corrected chi connectivity index (χ4v) is 0.632. The van der Waals surface area contributed by atoms with Gasteiger partial charge in [0.1, 0.15) is 0 Å². The van der Waals surface area contributed by atoms with Crippen LogP contribution in [-0.4, -0.2) is 14.8 Å². The topological polar surface area (TPSA) is 21.6 Å². The molecule has 0 radical (unpaired) electrons. The summed E-state index contributed by atoms with van der Waals surface area (Å²) in [6, 6.07) is 0. The summed E-state index contributed by atoms with van der Waals surface area (Å²) in [5.74, 6) is 0. The Morgan fingerprint density at radius 1 is 1.38 bits per heavy atom. The molecule has 0 atom stereocenters. The minimum atomic E-state index is -0.914. The minimum Gasteiger partial charge on any atom is -0.459 e. The van der Waals surface area contributed by atoms with Crippen LogP contribution in [0.25, 0.3) is 0 Å². The Labute approximate surface area is 52.3 Å². The van der Waals surface area contributed by atoms with Gasteiger partial charge in [-0.15, -0.1) is 5.16 Å². The van der Waals surface area contributed by atoms with Gasteiger partial charge >= 0.3 is 0 Å². The standard InChI is InChI=1S/C5H13NOSi/c1-5(2)6-7-8(3)4/h8H,1-4H3. The van der Waals surface area contributed by atoms with Crippen molar-refractivity contribution in [1.29, 1.82) is 0 Å². The first-order valence-electron chi connectivity index (χ1n) is 2.80. The summed E-state index contributed by atoms with van der Waals surface area (Å²) in [5, 5.41) is 3.80. The molecule has 0 saturated carbocycles. The Morgan fingerprint density at radius 3 is 2.00 bits per heavy atom. The molecule has 0 N–H and O–H groups in total. The van der Waals surface area contributed by atoms with Crippen LogP contribution in [0.15, 0.2) is 5.16 Å². The number of hydrogen-bond acceptors (Lipinski definition) is 2. The Morgan fingerprint density at radius 2 is 1.88 bits per heavy atom. The zero-order valence-electron chi connectivity index (χ0n) is 5.93. The second-order valence-electron chi connectivity index (χ2n) is 2.19. The largest absolute Gasteiger partial charge is 0.459 e. The third-order valence-corrected chi connectivity index (χ3v) is 0.973. The first kappa shape index (κ1) is 7.69. The molecule has 0 rings (SSSR count). The van der Waals surface area contributed by atoms with Crippen LogP contribution < -0.4 is 0 Å². The molecule has 0 unspecified atom stereocenters. The molecule has 3 heteroatoms. The van der Waals surface area contributed by atoms with Gasteiger partial charge in [-0.05, 0) is 26.9 Å². The van der Waals surface area contributed by atoms with E-state index in [9.17, 15) is 0 Å². The first-order chi connectivity index (χ1) is 3.63. The van der Waals surface area contributed by atoms with E-state index in [4.69, 9.17) is 4.53 Å². The fourth-order valence-electron chi connectivity index (χ4n) is 0.211. The SMILES string of the molecule is CC(C)=NO[SiH](C)C. The van der Waals surface area contributed by atoms with E-state index in [-0.39, 0.29) is 0 Å². The predicted molar refractivity (Wildman–Crippen MR) is 38.7 cm³/mol. The van der Waals surface area contributed by atoms with Crippen LogP contribution >= 0.6 is 0 Å². The zero-order valence-corrected chi connectivity index (χ0v) is 7.09. The number of rotatable bonds is 2. The highest BCUT2D eigenvalue weighted by atomic mass is 28.3. The van der Waals surface area contributed by atoms with Crippen molar-refractivity contribution in [1.82, 2.24) is 0 Å². The molecule has 8 heavy (non-hydrogen) atoms. The molecule has 2 nitrogen and oxygen atoms in total. The lowest BCUT2D eigenvalue weighted by Crippen LogP contribution is -2.02. The van der Waals surface area contributed by atoms with Gasteiger partial charge in [0, 0.05) is 5.71 Å². The Hall–Kier alpha value is -0.313. The van der Waals surface area contributed by atoms with Crippen molar-refractivity contribution in [2.24, 2.45) is 5.16 Å². The van der Waals surface area contributed by atoms with Gasteiger partial charge in [0.05, 0.1) is 0 Å². The predicted octanol–water partition coefficient (Wildman–Crippen LogP) is 1.38. The lowest BCUT2D eigenvalue weighted by molar-refractivity contribution is 0.351. The molecule has 0 aliphatic carbocycles. The van der Waals surface area contributed by atoms with E-state index in [1.165, 1.54) is 0 Å². The normalized spacial score (nSPS) is 9.12.